The molecular weight excluding hydrogens is 146 g/mol. The number of hydrogen-bond donors (Lipinski definition) is 0. The molecule has 0 aromatic rings. The molecule has 1 saturated heterocycles. The summed E-state index contributed by atoms with van der Waals surface area (Å²) >= 11 is 0. The van der Waals surface area contributed by atoms with Crippen LogP contribution in [0.5, 0.6) is 0 Å². The third kappa shape index (κ3) is 1.82. The highest BCUT2D eigenvalue weighted by Crippen LogP contribution is 2.34. The van der Waals surface area contributed by atoms with E-state index in [1.165, 1.54) is 19.4 Å². The van der Waals surface area contributed by atoms with E-state index in [9.17, 15) is 0 Å². The molecular formula is C11H23N. The number of likely N-dealkylation sites (tertiary alicyclic amines) is 1. The predicted octanol–water partition coefficient (Wildman–Crippen LogP) is 2.91. The van der Waals surface area contributed by atoms with E-state index in [4.69, 9.17) is 0 Å². The van der Waals surface area contributed by atoms with Crippen molar-refractivity contribution in [2.45, 2.75) is 59.0 Å². The molecule has 0 aliphatic carbocycles. The van der Waals surface area contributed by atoms with Crippen molar-refractivity contribution in [3.8, 4) is 0 Å². The quantitative estimate of drug-likeness (QED) is 0.614. The number of nitrogens with zero attached hydrogens (tertiary/aromatic N) is 1. The summed E-state index contributed by atoms with van der Waals surface area (Å²) in [5, 5.41) is 0. The summed E-state index contributed by atoms with van der Waals surface area (Å²) in [5.41, 5.74) is 0.439. The molecule has 12 heavy (non-hydrogen) atoms. The molecule has 1 fully saturated rings. The van der Waals surface area contributed by atoms with Gasteiger partial charge in [0.05, 0.1) is 0 Å². The zero-order valence-electron chi connectivity index (χ0n) is 9.22. The van der Waals surface area contributed by atoms with Crippen LogP contribution in [0.4, 0.5) is 0 Å². The van der Waals surface area contributed by atoms with Gasteiger partial charge in [0, 0.05) is 18.1 Å². The summed E-state index contributed by atoms with van der Waals surface area (Å²) in [6, 6.07) is 0.755. The minimum absolute atomic E-state index is 0.439. The van der Waals surface area contributed by atoms with Crippen molar-refractivity contribution in [1.82, 2.24) is 4.90 Å². The Balaban J connectivity index is 2.64. The molecule has 0 radical (unpaired) electrons. The van der Waals surface area contributed by atoms with Gasteiger partial charge in [-0.1, -0.05) is 13.8 Å². The first-order chi connectivity index (χ1) is 5.47. The van der Waals surface area contributed by atoms with E-state index in [2.05, 4.69) is 39.5 Å². The lowest BCUT2D eigenvalue weighted by Gasteiger charge is -2.36. The molecule has 2 unspecified atom stereocenters. The lowest BCUT2D eigenvalue weighted by molar-refractivity contribution is 0.121. The van der Waals surface area contributed by atoms with Crippen LogP contribution in [0.2, 0.25) is 0 Å². The van der Waals surface area contributed by atoms with Gasteiger partial charge in [-0.25, -0.2) is 0 Å². The lowest BCUT2D eigenvalue weighted by atomic mass is 9.97. The Hall–Kier alpha value is -0.0400. The molecule has 0 aromatic carbocycles. The summed E-state index contributed by atoms with van der Waals surface area (Å²) in [7, 11) is 0. The molecule has 1 heteroatoms. The fourth-order valence-corrected chi connectivity index (χ4v) is 2.61. The molecule has 0 N–H and O–H groups in total. The minimum atomic E-state index is 0.439. The van der Waals surface area contributed by atoms with Gasteiger partial charge in [-0.05, 0) is 39.5 Å². The first-order valence-corrected chi connectivity index (χ1v) is 5.24. The van der Waals surface area contributed by atoms with Gasteiger partial charge in [-0.15, -0.1) is 0 Å². The zero-order chi connectivity index (χ0) is 9.35. The van der Waals surface area contributed by atoms with E-state index in [0.29, 0.717) is 5.54 Å². The summed E-state index contributed by atoms with van der Waals surface area (Å²) in [6.07, 6.45) is 2.63. The van der Waals surface area contributed by atoms with Gasteiger partial charge in [0.2, 0.25) is 0 Å². The van der Waals surface area contributed by atoms with Gasteiger partial charge in [0.25, 0.3) is 0 Å². The van der Waals surface area contributed by atoms with Crippen LogP contribution in [-0.2, 0) is 0 Å². The van der Waals surface area contributed by atoms with Gasteiger partial charge in [0.1, 0.15) is 0 Å². The highest BCUT2D eigenvalue weighted by atomic mass is 15.2. The SMILES string of the molecule is CCC(C)N1CC(C)CC1(C)C. The molecule has 0 saturated carbocycles. The van der Waals surface area contributed by atoms with Crippen LogP contribution < -0.4 is 0 Å². The molecule has 1 nitrogen and oxygen atoms in total. The molecule has 1 rings (SSSR count). The van der Waals surface area contributed by atoms with Gasteiger partial charge in [0.15, 0.2) is 0 Å². The smallest absolute Gasteiger partial charge is 0.0159 e. The Kier molecular flexibility index (Phi) is 2.82. The Labute approximate surface area is 77.1 Å². The average Bonchev–Trinajstić information content (AvgIpc) is 2.23. The molecule has 1 aliphatic rings. The van der Waals surface area contributed by atoms with E-state index >= 15 is 0 Å². The van der Waals surface area contributed by atoms with Gasteiger partial charge < -0.3 is 0 Å². The normalized spacial score (nSPS) is 32.2. The largest absolute Gasteiger partial charge is 0.295 e. The van der Waals surface area contributed by atoms with Crippen molar-refractivity contribution in [3.63, 3.8) is 0 Å². The maximum atomic E-state index is 2.66. The standard InChI is InChI=1S/C11H23N/c1-6-10(3)12-8-9(2)7-11(12,4)5/h9-10H,6-8H2,1-5H3. The molecule has 0 spiro atoms. The second-order valence-electron chi connectivity index (χ2n) is 5.03. The van der Waals surface area contributed by atoms with Crippen molar-refractivity contribution in [2.24, 2.45) is 5.92 Å². The summed E-state index contributed by atoms with van der Waals surface area (Å²) in [4.78, 5) is 2.66. The summed E-state index contributed by atoms with van der Waals surface area (Å²) < 4.78 is 0. The molecule has 72 valence electrons. The third-order valence-corrected chi connectivity index (χ3v) is 3.26. The van der Waals surface area contributed by atoms with Crippen LogP contribution in [0.25, 0.3) is 0 Å². The second-order valence-corrected chi connectivity index (χ2v) is 5.03. The van der Waals surface area contributed by atoms with Crippen LogP contribution in [0.15, 0.2) is 0 Å². The Morgan fingerprint density at radius 1 is 1.50 bits per heavy atom. The van der Waals surface area contributed by atoms with E-state index in [-0.39, 0.29) is 0 Å². The first kappa shape index (κ1) is 10.0. The van der Waals surface area contributed by atoms with Crippen molar-refractivity contribution in [1.29, 1.82) is 0 Å². The lowest BCUT2D eigenvalue weighted by Crippen LogP contribution is -2.43. The van der Waals surface area contributed by atoms with E-state index in [0.717, 1.165) is 12.0 Å². The molecule has 2 atom stereocenters. The molecule has 0 amide bonds. The van der Waals surface area contributed by atoms with Crippen LogP contribution in [0, 0.1) is 5.92 Å². The van der Waals surface area contributed by atoms with Crippen molar-refractivity contribution in [2.75, 3.05) is 6.54 Å². The summed E-state index contributed by atoms with van der Waals surface area (Å²) in [5.74, 6) is 0.883. The van der Waals surface area contributed by atoms with Crippen molar-refractivity contribution in [3.05, 3.63) is 0 Å². The molecule has 0 bridgehead atoms. The third-order valence-electron chi connectivity index (χ3n) is 3.26. The minimum Gasteiger partial charge on any atom is -0.295 e. The number of rotatable bonds is 2. The predicted molar refractivity (Wildman–Crippen MR) is 54.3 cm³/mol. The van der Waals surface area contributed by atoms with Crippen molar-refractivity contribution < 1.29 is 0 Å². The molecule has 1 heterocycles. The fourth-order valence-electron chi connectivity index (χ4n) is 2.61. The maximum absolute atomic E-state index is 2.66. The van der Waals surface area contributed by atoms with Gasteiger partial charge >= 0.3 is 0 Å². The highest BCUT2D eigenvalue weighted by Gasteiger charge is 2.37. The molecule has 0 aromatic heterocycles. The fraction of sp³-hybridized carbons (Fsp3) is 1.00. The Morgan fingerprint density at radius 2 is 2.08 bits per heavy atom. The Morgan fingerprint density at radius 3 is 2.42 bits per heavy atom. The van der Waals surface area contributed by atoms with Crippen LogP contribution in [-0.4, -0.2) is 23.0 Å². The topological polar surface area (TPSA) is 3.24 Å². The van der Waals surface area contributed by atoms with Gasteiger partial charge in [-0.2, -0.15) is 0 Å². The van der Waals surface area contributed by atoms with Crippen LogP contribution in [0.3, 0.4) is 0 Å². The maximum Gasteiger partial charge on any atom is 0.0159 e. The monoisotopic (exact) mass is 169 g/mol. The van der Waals surface area contributed by atoms with E-state index in [1.54, 1.807) is 0 Å². The molecule has 1 aliphatic heterocycles. The zero-order valence-corrected chi connectivity index (χ0v) is 9.22. The Bertz CT molecular complexity index is 151. The number of hydrogen-bond acceptors (Lipinski definition) is 1. The summed E-state index contributed by atoms with van der Waals surface area (Å²) in [6.45, 7) is 13.0. The van der Waals surface area contributed by atoms with Crippen LogP contribution in [0.1, 0.15) is 47.5 Å². The van der Waals surface area contributed by atoms with Crippen LogP contribution >= 0.6 is 0 Å². The van der Waals surface area contributed by atoms with Gasteiger partial charge in [-0.3, -0.25) is 4.90 Å². The average molecular weight is 169 g/mol. The first-order valence-electron chi connectivity index (χ1n) is 5.24. The highest BCUT2D eigenvalue weighted by molar-refractivity contribution is 4.93. The van der Waals surface area contributed by atoms with E-state index < -0.39 is 0 Å². The second kappa shape index (κ2) is 3.37. The van der Waals surface area contributed by atoms with Crippen molar-refractivity contribution >= 4 is 0 Å². The van der Waals surface area contributed by atoms with E-state index in [1.807, 2.05) is 0 Å².